The van der Waals surface area contributed by atoms with Gasteiger partial charge in [-0.15, -0.1) is 0 Å². The first-order valence-corrected chi connectivity index (χ1v) is 13.5. The number of carboxylic acid groups (broad SMARTS) is 1. The van der Waals surface area contributed by atoms with Gasteiger partial charge in [0, 0.05) is 25.3 Å². The Bertz CT molecular complexity index is 1260. The van der Waals surface area contributed by atoms with E-state index in [1.807, 2.05) is 42.5 Å². The Labute approximate surface area is 218 Å². The Balaban J connectivity index is 1.13. The number of likely N-dealkylation sites (tertiary alicyclic amines) is 1. The van der Waals surface area contributed by atoms with E-state index >= 15 is 0 Å². The van der Waals surface area contributed by atoms with E-state index in [9.17, 15) is 14.7 Å². The maximum absolute atomic E-state index is 13.0. The molecule has 194 valence electrons. The van der Waals surface area contributed by atoms with E-state index in [0.717, 1.165) is 92.6 Å². The summed E-state index contributed by atoms with van der Waals surface area (Å²) in [4.78, 5) is 32.3. The minimum atomic E-state index is -0.923. The molecule has 2 atom stereocenters. The van der Waals surface area contributed by atoms with Crippen LogP contribution < -0.4 is 10.6 Å². The quantitative estimate of drug-likeness (QED) is 0.407. The van der Waals surface area contributed by atoms with Gasteiger partial charge in [0.15, 0.2) is 0 Å². The predicted octanol–water partition coefficient (Wildman–Crippen LogP) is 4.22. The molecule has 0 bridgehead atoms. The van der Waals surface area contributed by atoms with Crippen molar-refractivity contribution in [2.24, 2.45) is 5.92 Å². The van der Waals surface area contributed by atoms with Crippen LogP contribution in [0.15, 0.2) is 54.6 Å². The van der Waals surface area contributed by atoms with Gasteiger partial charge in [0.25, 0.3) is 0 Å². The number of hydrogen-bond donors (Lipinski definition) is 3. The van der Waals surface area contributed by atoms with E-state index in [4.69, 9.17) is 4.98 Å². The number of aryl methyl sites for hydroxylation is 2. The number of amides is 1. The number of aromatic nitrogens is 1. The number of carbonyl (C=O) groups is 2. The van der Waals surface area contributed by atoms with Crippen molar-refractivity contribution in [2.75, 3.05) is 38.0 Å². The normalized spacial score (nSPS) is 18.5. The maximum atomic E-state index is 13.0. The molecule has 2 unspecified atom stereocenters. The fourth-order valence-electron chi connectivity index (χ4n) is 5.70. The number of rotatable bonds is 9. The third kappa shape index (κ3) is 6.10. The summed E-state index contributed by atoms with van der Waals surface area (Å²) in [5.41, 5.74) is 3.17. The summed E-state index contributed by atoms with van der Waals surface area (Å²) in [5, 5.41) is 18.2. The molecular weight excluding hydrogens is 464 g/mol. The largest absolute Gasteiger partial charge is 0.481 e. The molecule has 3 heterocycles. The van der Waals surface area contributed by atoms with Crippen molar-refractivity contribution in [3.05, 3.63) is 71.4 Å². The number of nitrogens with one attached hydrogen (secondary N) is 2. The summed E-state index contributed by atoms with van der Waals surface area (Å²) in [6.45, 7) is 3.74. The van der Waals surface area contributed by atoms with Crippen molar-refractivity contribution in [2.45, 2.75) is 44.4 Å². The number of nitrogens with zero attached hydrogens (tertiary/aromatic N) is 2. The molecule has 7 nitrogen and oxygen atoms in total. The van der Waals surface area contributed by atoms with Gasteiger partial charge >= 0.3 is 5.97 Å². The number of aliphatic carboxylic acids is 1. The second-order valence-corrected chi connectivity index (χ2v) is 10.3. The van der Waals surface area contributed by atoms with Gasteiger partial charge in [0.2, 0.25) is 5.91 Å². The first kappa shape index (κ1) is 25.2. The molecule has 0 aliphatic carbocycles. The molecule has 7 heteroatoms. The highest BCUT2D eigenvalue weighted by molar-refractivity contribution is 5.91. The number of pyridine rings is 1. The van der Waals surface area contributed by atoms with Crippen LogP contribution in [0, 0.1) is 5.92 Å². The Hall–Kier alpha value is -3.45. The third-order valence-corrected chi connectivity index (χ3v) is 7.71. The average molecular weight is 501 g/mol. The van der Waals surface area contributed by atoms with Crippen LogP contribution in [0.25, 0.3) is 10.8 Å². The van der Waals surface area contributed by atoms with Crippen LogP contribution in [-0.4, -0.2) is 59.6 Å². The van der Waals surface area contributed by atoms with Crippen LogP contribution in [0.5, 0.6) is 0 Å². The van der Waals surface area contributed by atoms with E-state index in [0.29, 0.717) is 0 Å². The number of piperidine rings is 1. The van der Waals surface area contributed by atoms with Gasteiger partial charge in [-0.1, -0.05) is 48.5 Å². The Morgan fingerprint density at radius 3 is 2.86 bits per heavy atom. The van der Waals surface area contributed by atoms with Crippen LogP contribution >= 0.6 is 0 Å². The molecule has 0 saturated carbocycles. The van der Waals surface area contributed by atoms with Gasteiger partial charge in [-0.05, 0) is 79.6 Å². The summed E-state index contributed by atoms with van der Waals surface area (Å²) in [6.07, 6.45) is 6.01. The molecule has 3 N–H and O–H groups in total. The second-order valence-electron chi connectivity index (χ2n) is 10.3. The van der Waals surface area contributed by atoms with Crippen LogP contribution in [-0.2, 0) is 22.4 Å². The first-order valence-electron chi connectivity index (χ1n) is 13.5. The fraction of sp³-hybridized carbons (Fsp3) is 0.433. The standard InChI is InChI=1S/C30H36N4O3/c35-29(32-19-27(30(36)37)26-13-3-8-21-7-1-2-12-25(21)26)23-10-5-17-34(20-23)18-6-11-24-15-14-22-9-4-16-31-28(22)33-24/h1-3,7-8,12-15,23,27H,4-6,9-11,16-20H2,(H,31,33)(H,32,35)(H,36,37). The smallest absolute Gasteiger partial charge is 0.312 e. The van der Waals surface area contributed by atoms with Gasteiger partial charge < -0.3 is 20.6 Å². The maximum Gasteiger partial charge on any atom is 0.312 e. The Morgan fingerprint density at radius 2 is 1.97 bits per heavy atom. The predicted molar refractivity (Wildman–Crippen MR) is 146 cm³/mol. The SMILES string of the molecule is O=C(NCC(C(=O)O)c1cccc2ccccc12)C1CCCN(CCCc2ccc3c(n2)NCCC3)C1. The molecule has 1 amide bonds. The van der Waals surface area contributed by atoms with E-state index in [2.05, 4.69) is 27.7 Å². The van der Waals surface area contributed by atoms with Gasteiger partial charge in [-0.25, -0.2) is 4.98 Å². The number of benzene rings is 2. The lowest BCUT2D eigenvalue weighted by atomic mass is 9.92. The minimum absolute atomic E-state index is 0.0429. The molecule has 1 aromatic heterocycles. The summed E-state index contributed by atoms with van der Waals surface area (Å²) >= 11 is 0. The third-order valence-electron chi connectivity index (χ3n) is 7.71. The van der Waals surface area contributed by atoms with Crippen LogP contribution in [0.1, 0.15) is 48.4 Å². The van der Waals surface area contributed by atoms with Gasteiger partial charge in [-0.3, -0.25) is 9.59 Å². The summed E-state index contributed by atoms with van der Waals surface area (Å²) in [5.74, 6) is -0.816. The highest BCUT2D eigenvalue weighted by atomic mass is 16.4. The summed E-state index contributed by atoms with van der Waals surface area (Å²) in [6, 6.07) is 17.8. The molecule has 2 aromatic carbocycles. The van der Waals surface area contributed by atoms with Crippen LogP contribution in [0.4, 0.5) is 5.82 Å². The highest BCUT2D eigenvalue weighted by Crippen LogP contribution is 2.26. The monoisotopic (exact) mass is 500 g/mol. The lowest BCUT2D eigenvalue weighted by Gasteiger charge is -2.32. The topological polar surface area (TPSA) is 94.6 Å². The van der Waals surface area contributed by atoms with Crippen molar-refractivity contribution in [3.8, 4) is 0 Å². The van der Waals surface area contributed by atoms with Crippen molar-refractivity contribution >= 4 is 28.5 Å². The van der Waals surface area contributed by atoms with Crippen molar-refractivity contribution in [1.82, 2.24) is 15.2 Å². The molecule has 0 radical (unpaired) electrons. The molecular formula is C30H36N4O3. The molecule has 2 aliphatic heterocycles. The summed E-state index contributed by atoms with van der Waals surface area (Å²) in [7, 11) is 0. The van der Waals surface area contributed by atoms with Crippen molar-refractivity contribution < 1.29 is 14.7 Å². The fourth-order valence-corrected chi connectivity index (χ4v) is 5.70. The minimum Gasteiger partial charge on any atom is -0.481 e. The van der Waals surface area contributed by atoms with E-state index in [-0.39, 0.29) is 18.4 Å². The molecule has 5 rings (SSSR count). The van der Waals surface area contributed by atoms with Crippen LogP contribution in [0.3, 0.4) is 0 Å². The second kappa shape index (κ2) is 11.7. The number of fused-ring (bicyclic) bond motifs is 2. The Morgan fingerprint density at radius 1 is 1.11 bits per heavy atom. The zero-order valence-corrected chi connectivity index (χ0v) is 21.3. The van der Waals surface area contributed by atoms with Gasteiger partial charge in [0.05, 0.1) is 11.8 Å². The Kier molecular flexibility index (Phi) is 7.99. The van der Waals surface area contributed by atoms with Gasteiger partial charge in [-0.2, -0.15) is 0 Å². The molecule has 37 heavy (non-hydrogen) atoms. The van der Waals surface area contributed by atoms with Crippen LogP contribution in [0.2, 0.25) is 0 Å². The summed E-state index contributed by atoms with van der Waals surface area (Å²) < 4.78 is 0. The molecule has 3 aromatic rings. The van der Waals surface area contributed by atoms with E-state index < -0.39 is 11.9 Å². The van der Waals surface area contributed by atoms with Gasteiger partial charge in [0.1, 0.15) is 5.82 Å². The molecule has 0 spiro atoms. The number of carbonyl (C=O) groups excluding carboxylic acids is 1. The van der Waals surface area contributed by atoms with E-state index in [1.165, 1.54) is 5.56 Å². The number of anilines is 1. The lowest BCUT2D eigenvalue weighted by Crippen LogP contribution is -2.44. The number of hydrogen-bond acceptors (Lipinski definition) is 5. The van der Waals surface area contributed by atoms with Crippen molar-refractivity contribution in [3.63, 3.8) is 0 Å². The average Bonchev–Trinajstić information content (AvgIpc) is 2.93. The molecule has 1 fully saturated rings. The first-order chi connectivity index (χ1) is 18.1. The molecule has 1 saturated heterocycles. The zero-order valence-electron chi connectivity index (χ0n) is 21.3. The zero-order chi connectivity index (χ0) is 25.6. The van der Waals surface area contributed by atoms with Crippen molar-refractivity contribution in [1.29, 1.82) is 0 Å². The number of carboxylic acids is 1. The highest BCUT2D eigenvalue weighted by Gasteiger charge is 2.28. The van der Waals surface area contributed by atoms with E-state index in [1.54, 1.807) is 0 Å². The lowest BCUT2D eigenvalue weighted by molar-refractivity contribution is -0.138. The molecule has 2 aliphatic rings.